The van der Waals surface area contributed by atoms with Crippen molar-refractivity contribution in [3.05, 3.63) is 23.8 Å². The number of ether oxygens (including phenoxy) is 1. The zero-order valence-electron chi connectivity index (χ0n) is 11.3. The minimum atomic E-state index is -0.197. The first-order valence-corrected chi connectivity index (χ1v) is 6.74. The molecule has 0 unspecified atom stereocenters. The van der Waals surface area contributed by atoms with E-state index in [1.807, 2.05) is 11.8 Å². The average Bonchev–Trinajstić information content (AvgIpc) is 2.46. The number of fused-ring (bicyclic) bond motifs is 1. The van der Waals surface area contributed by atoms with Crippen LogP contribution in [0.1, 0.15) is 17.3 Å². The summed E-state index contributed by atoms with van der Waals surface area (Å²) in [6.45, 7) is 4.23. The highest BCUT2D eigenvalue weighted by atomic mass is 16.5. The van der Waals surface area contributed by atoms with Crippen molar-refractivity contribution in [2.75, 3.05) is 31.6 Å². The van der Waals surface area contributed by atoms with Crippen molar-refractivity contribution in [1.29, 1.82) is 0 Å². The molecule has 0 aromatic heterocycles. The minimum absolute atomic E-state index is 0.0472. The van der Waals surface area contributed by atoms with Crippen molar-refractivity contribution in [3.8, 4) is 5.75 Å². The number of carbonyl (C=O) groups excluding carboxylic acids is 2. The van der Waals surface area contributed by atoms with Gasteiger partial charge < -0.3 is 20.3 Å². The molecular formula is C14H17N3O3. The Hall–Kier alpha value is -2.08. The smallest absolute Gasteiger partial charge is 0.262 e. The van der Waals surface area contributed by atoms with Crippen molar-refractivity contribution in [3.63, 3.8) is 0 Å². The third kappa shape index (κ3) is 2.22. The second-order valence-corrected chi connectivity index (χ2v) is 5.07. The number of benzene rings is 1. The van der Waals surface area contributed by atoms with Gasteiger partial charge in [0.15, 0.2) is 12.4 Å². The van der Waals surface area contributed by atoms with E-state index in [9.17, 15) is 9.59 Å². The molecule has 0 bridgehead atoms. The molecule has 1 aromatic carbocycles. The van der Waals surface area contributed by atoms with Crippen LogP contribution in [0.2, 0.25) is 0 Å². The molecule has 1 saturated heterocycles. The molecule has 1 aromatic rings. The van der Waals surface area contributed by atoms with E-state index in [2.05, 4.69) is 10.6 Å². The Morgan fingerprint density at radius 3 is 3.10 bits per heavy atom. The number of para-hydroxylation sites is 1. The van der Waals surface area contributed by atoms with E-state index in [0.29, 0.717) is 23.5 Å². The van der Waals surface area contributed by atoms with Crippen LogP contribution in [-0.2, 0) is 4.79 Å². The molecule has 2 N–H and O–H groups in total. The zero-order valence-corrected chi connectivity index (χ0v) is 11.3. The van der Waals surface area contributed by atoms with Crippen molar-refractivity contribution in [1.82, 2.24) is 10.2 Å². The zero-order chi connectivity index (χ0) is 14.1. The lowest BCUT2D eigenvalue weighted by Gasteiger charge is -2.34. The van der Waals surface area contributed by atoms with Gasteiger partial charge in [0.25, 0.3) is 11.8 Å². The van der Waals surface area contributed by atoms with Gasteiger partial charge in [-0.3, -0.25) is 9.59 Å². The van der Waals surface area contributed by atoms with Gasteiger partial charge >= 0.3 is 0 Å². The minimum Gasteiger partial charge on any atom is -0.481 e. The fourth-order valence-corrected chi connectivity index (χ4v) is 2.58. The van der Waals surface area contributed by atoms with Gasteiger partial charge in [-0.05, 0) is 19.1 Å². The van der Waals surface area contributed by atoms with Gasteiger partial charge in [0, 0.05) is 25.7 Å². The maximum Gasteiger partial charge on any atom is 0.262 e. The Balaban J connectivity index is 1.92. The molecule has 0 spiro atoms. The van der Waals surface area contributed by atoms with Gasteiger partial charge in [-0.1, -0.05) is 6.07 Å². The summed E-state index contributed by atoms with van der Waals surface area (Å²) >= 11 is 0. The highest BCUT2D eigenvalue weighted by Gasteiger charge is 2.29. The maximum absolute atomic E-state index is 12.7. The predicted octanol–water partition coefficient (Wildman–Crippen LogP) is 0.451. The summed E-state index contributed by atoms with van der Waals surface area (Å²) in [6, 6.07) is 5.39. The van der Waals surface area contributed by atoms with Gasteiger partial charge in [-0.25, -0.2) is 0 Å². The van der Waals surface area contributed by atoms with Crippen LogP contribution in [0.4, 0.5) is 5.69 Å². The molecule has 6 nitrogen and oxygen atoms in total. The van der Waals surface area contributed by atoms with Gasteiger partial charge in [0.05, 0.1) is 11.3 Å². The summed E-state index contributed by atoms with van der Waals surface area (Å²) in [4.78, 5) is 25.8. The summed E-state index contributed by atoms with van der Waals surface area (Å²) in [5, 5.41) is 5.98. The lowest BCUT2D eigenvalue weighted by atomic mass is 10.1. The molecule has 2 aliphatic rings. The van der Waals surface area contributed by atoms with Crippen LogP contribution in [0.3, 0.4) is 0 Å². The lowest BCUT2D eigenvalue weighted by Crippen LogP contribution is -2.52. The van der Waals surface area contributed by atoms with Gasteiger partial charge in [-0.2, -0.15) is 0 Å². The third-order valence-corrected chi connectivity index (χ3v) is 3.63. The second kappa shape index (κ2) is 5.13. The predicted molar refractivity (Wildman–Crippen MR) is 73.9 cm³/mol. The van der Waals surface area contributed by atoms with Crippen LogP contribution >= 0.6 is 0 Å². The Kier molecular flexibility index (Phi) is 3.31. The van der Waals surface area contributed by atoms with Gasteiger partial charge in [0.2, 0.25) is 0 Å². The number of hydrogen-bond donors (Lipinski definition) is 2. The van der Waals surface area contributed by atoms with E-state index in [4.69, 9.17) is 4.74 Å². The van der Waals surface area contributed by atoms with E-state index in [1.54, 1.807) is 18.2 Å². The van der Waals surface area contributed by atoms with Gasteiger partial charge in [-0.15, -0.1) is 0 Å². The number of amides is 2. The summed E-state index contributed by atoms with van der Waals surface area (Å²) in [6.07, 6.45) is 0. The first-order valence-electron chi connectivity index (χ1n) is 6.74. The molecule has 0 radical (unpaired) electrons. The Morgan fingerprint density at radius 1 is 1.45 bits per heavy atom. The normalized spacial score (nSPS) is 21.8. The van der Waals surface area contributed by atoms with Crippen LogP contribution in [0, 0.1) is 0 Å². The molecule has 0 saturated carbocycles. The number of hydrogen-bond acceptors (Lipinski definition) is 4. The fraction of sp³-hybridized carbons (Fsp3) is 0.429. The van der Waals surface area contributed by atoms with Crippen molar-refractivity contribution >= 4 is 17.5 Å². The topological polar surface area (TPSA) is 70.7 Å². The van der Waals surface area contributed by atoms with Crippen LogP contribution < -0.4 is 15.4 Å². The number of nitrogens with one attached hydrogen (secondary N) is 2. The summed E-state index contributed by atoms with van der Waals surface area (Å²) in [7, 11) is 0. The monoisotopic (exact) mass is 275 g/mol. The van der Waals surface area contributed by atoms with Crippen LogP contribution in [0.5, 0.6) is 5.75 Å². The summed E-state index contributed by atoms with van der Waals surface area (Å²) in [5.74, 6) is 0.229. The molecule has 2 heterocycles. The standard InChI is InChI=1S/C14H17N3O3/c1-9-7-15-5-6-17(9)14(19)10-3-2-4-11-13(10)20-8-12(18)16-11/h2-4,9,15H,5-8H2,1H3,(H,16,18)/t9-/m1/s1. The largest absolute Gasteiger partial charge is 0.481 e. The van der Waals surface area contributed by atoms with Crippen LogP contribution in [0.25, 0.3) is 0 Å². The molecule has 2 amide bonds. The Morgan fingerprint density at radius 2 is 2.30 bits per heavy atom. The van der Waals surface area contributed by atoms with E-state index in [-0.39, 0.29) is 24.5 Å². The molecule has 20 heavy (non-hydrogen) atoms. The maximum atomic E-state index is 12.7. The highest BCUT2D eigenvalue weighted by Crippen LogP contribution is 2.32. The number of carbonyl (C=O) groups is 2. The Bertz CT molecular complexity index is 559. The molecule has 106 valence electrons. The van der Waals surface area contributed by atoms with Crippen molar-refractivity contribution in [2.45, 2.75) is 13.0 Å². The Labute approximate surface area is 117 Å². The van der Waals surface area contributed by atoms with E-state index < -0.39 is 0 Å². The molecule has 2 aliphatic heterocycles. The molecule has 1 atom stereocenters. The molecule has 3 rings (SSSR count). The second-order valence-electron chi connectivity index (χ2n) is 5.07. The summed E-state index contributed by atoms with van der Waals surface area (Å²) in [5.41, 5.74) is 1.08. The molecule has 0 aliphatic carbocycles. The van der Waals surface area contributed by atoms with Crippen molar-refractivity contribution < 1.29 is 14.3 Å². The van der Waals surface area contributed by atoms with Crippen LogP contribution in [0.15, 0.2) is 18.2 Å². The van der Waals surface area contributed by atoms with Crippen molar-refractivity contribution in [2.24, 2.45) is 0 Å². The fourth-order valence-electron chi connectivity index (χ4n) is 2.58. The number of piperazine rings is 1. The highest BCUT2D eigenvalue weighted by molar-refractivity contribution is 6.03. The number of nitrogens with zero attached hydrogens (tertiary/aromatic N) is 1. The lowest BCUT2D eigenvalue weighted by molar-refractivity contribution is -0.118. The summed E-state index contributed by atoms with van der Waals surface area (Å²) < 4.78 is 5.44. The molecular weight excluding hydrogens is 258 g/mol. The van der Waals surface area contributed by atoms with E-state index in [0.717, 1.165) is 13.1 Å². The number of rotatable bonds is 1. The van der Waals surface area contributed by atoms with E-state index >= 15 is 0 Å². The third-order valence-electron chi connectivity index (χ3n) is 3.63. The molecule has 1 fully saturated rings. The van der Waals surface area contributed by atoms with Crippen LogP contribution in [-0.4, -0.2) is 49.0 Å². The number of anilines is 1. The quantitative estimate of drug-likeness (QED) is 0.781. The SMILES string of the molecule is C[C@@H]1CNCCN1C(=O)c1cccc2c1OCC(=O)N2. The molecule has 6 heteroatoms. The average molecular weight is 275 g/mol. The van der Waals surface area contributed by atoms with Gasteiger partial charge in [0.1, 0.15) is 0 Å². The first-order chi connectivity index (χ1) is 9.66. The first kappa shape index (κ1) is 12.9. The van der Waals surface area contributed by atoms with E-state index in [1.165, 1.54) is 0 Å².